The summed E-state index contributed by atoms with van der Waals surface area (Å²) in [5.74, 6) is -3.70. The Bertz CT molecular complexity index is 1140. The number of halogens is 6. The number of ether oxygens (including phenoxy) is 2. The van der Waals surface area contributed by atoms with E-state index in [2.05, 4.69) is 9.47 Å². The Morgan fingerprint density at radius 3 is 1.81 bits per heavy atom. The van der Waals surface area contributed by atoms with E-state index in [1.165, 1.54) is 0 Å². The Morgan fingerprint density at radius 1 is 0.710 bits per heavy atom. The van der Waals surface area contributed by atoms with Gasteiger partial charge in [-0.05, 0) is 35.4 Å². The summed E-state index contributed by atoms with van der Waals surface area (Å²) < 4.78 is 94.0. The van der Waals surface area contributed by atoms with E-state index in [9.17, 15) is 45.8 Å². The zero-order chi connectivity index (χ0) is 22.9. The van der Waals surface area contributed by atoms with Gasteiger partial charge in [-0.3, -0.25) is 0 Å². The third-order valence-corrected chi connectivity index (χ3v) is 5.12. The van der Waals surface area contributed by atoms with Crippen molar-refractivity contribution < 1.29 is 55.3 Å². The topological polar surface area (TPSA) is 89.9 Å². The monoisotopic (exact) mass is 446 g/mol. The number of carbonyl (C=O) groups excluding carboxylic acids is 3. The van der Waals surface area contributed by atoms with E-state index in [1.54, 1.807) is 0 Å². The van der Waals surface area contributed by atoms with Crippen LogP contribution in [0.25, 0.3) is 0 Å². The van der Waals surface area contributed by atoms with Gasteiger partial charge in [0, 0.05) is 5.56 Å². The maximum Gasteiger partial charge on any atom is 0.411 e. The predicted octanol–water partition coefficient (Wildman–Crippen LogP) is 3.57. The molecule has 0 amide bonds. The minimum Gasteiger partial charge on any atom is -0.428 e. The van der Waals surface area contributed by atoms with Crippen LogP contribution >= 0.6 is 0 Å². The van der Waals surface area contributed by atoms with Gasteiger partial charge in [0.15, 0.2) is 0 Å². The maximum absolute atomic E-state index is 14.2. The molecule has 4 rings (SSSR count). The number of carbonyl (C=O) groups is 3. The Kier molecular flexibility index (Phi) is 4.23. The van der Waals surface area contributed by atoms with Crippen LogP contribution in [0.3, 0.4) is 0 Å². The first-order chi connectivity index (χ1) is 14.3. The number of cyclic esters (lactones) is 3. The molecule has 2 heterocycles. The van der Waals surface area contributed by atoms with Crippen LogP contribution in [0.1, 0.15) is 54.1 Å². The van der Waals surface area contributed by atoms with Gasteiger partial charge >= 0.3 is 30.3 Å². The van der Waals surface area contributed by atoms with Gasteiger partial charge < -0.3 is 14.6 Å². The molecule has 2 aliphatic rings. The molecule has 1 unspecified atom stereocenters. The summed E-state index contributed by atoms with van der Waals surface area (Å²) in [5.41, 5.74) is -9.63. The van der Waals surface area contributed by atoms with Crippen molar-refractivity contribution in [2.45, 2.75) is 24.1 Å². The molecular formula is C19H8F6O6. The van der Waals surface area contributed by atoms with Crippen LogP contribution in [-0.2, 0) is 14.9 Å². The van der Waals surface area contributed by atoms with Gasteiger partial charge in [0.2, 0.25) is 11.7 Å². The molecule has 0 saturated heterocycles. The summed E-state index contributed by atoms with van der Waals surface area (Å²) in [6, 6.07) is 2.86. The second kappa shape index (κ2) is 6.30. The summed E-state index contributed by atoms with van der Waals surface area (Å²) in [7, 11) is 0. The fourth-order valence-corrected chi connectivity index (χ4v) is 3.72. The highest BCUT2D eigenvalue weighted by Gasteiger charge is 2.72. The average molecular weight is 446 g/mol. The molecule has 2 aromatic carbocycles. The van der Waals surface area contributed by atoms with E-state index < -0.39 is 75.3 Å². The largest absolute Gasteiger partial charge is 0.428 e. The van der Waals surface area contributed by atoms with Crippen LogP contribution in [-0.4, -0.2) is 35.4 Å². The first kappa shape index (κ1) is 20.8. The molecule has 0 fully saturated rings. The van der Waals surface area contributed by atoms with Crippen molar-refractivity contribution in [2.24, 2.45) is 0 Å². The molecular weight excluding hydrogens is 438 g/mol. The molecule has 1 N–H and O–H groups in total. The lowest BCUT2D eigenvalue weighted by Gasteiger charge is -2.38. The lowest BCUT2D eigenvalue weighted by atomic mass is 9.71. The number of hydrogen-bond acceptors (Lipinski definition) is 6. The molecule has 0 saturated carbocycles. The molecule has 2 aliphatic heterocycles. The van der Waals surface area contributed by atoms with Crippen molar-refractivity contribution >= 4 is 17.9 Å². The Hall–Kier alpha value is -3.41. The van der Waals surface area contributed by atoms with Crippen LogP contribution < -0.4 is 0 Å². The van der Waals surface area contributed by atoms with E-state index >= 15 is 0 Å². The first-order valence-electron chi connectivity index (χ1n) is 8.37. The van der Waals surface area contributed by atoms with Crippen molar-refractivity contribution in [3.63, 3.8) is 0 Å². The number of hydrogen-bond donors (Lipinski definition) is 1. The molecule has 31 heavy (non-hydrogen) atoms. The molecule has 1 atom stereocenters. The van der Waals surface area contributed by atoms with Crippen molar-refractivity contribution in [3.05, 3.63) is 69.8 Å². The highest BCUT2D eigenvalue weighted by Crippen LogP contribution is 2.57. The van der Waals surface area contributed by atoms with Gasteiger partial charge in [-0.25, -0.2) is 14.4 Å². The Morgan fingerprint density at radius 2 is 1.23 bits per heavy atom. The SMILES string of the molecule is O=C1OC(=O)c2cc(C(c3ccc4c(c3)C(O)OC4=O)(C(F)(F)F)C(F)(F)F)ccc21. The Balaban J connectivity index is 2.05. The molecule has 0 bridgehead atoms. The van der Waals surface area contributed by atoms with E-state index in [1.807, 2.05) is 0 Å². The molecule has 12 heteroatoms. The van der Waals surface area contributed by atoms with Crippen LogP contribution in [0.15, 0.2) is 36.4 Å². The second-order valence-corrected chi connectivity index (χ2v) is 6.74. The van der Waals surface area contributed by atoms with Gasteiger partial charge in [-0.1, -0.05) is 12.1 Å². The third kappa shape index (κ3) is 2.74. The molecule has 2 aromatic rings. The van der Waals surface area contributed by atoms with Gasteiger partial charge in [0.1, 0.15) is 0 Å². The summed E-state index contributed by atoms with van der Waals surface area (Å²) in [4.78, 5) is 34.9. The van der Waals surface area contributed by atoms with Gasteiger partial charge in [0.25, 0.3) is 0 Å². The van der Waals surface area contributed by atoms with Crippen molar-refractivity contribution in [3.8, 4) is 0 Å². The second-order valence-electron chi connectivity index (χ2n) is 6.74. The zero-order valence-corrected chi connectivity index (χ0v) is 14.8. The van der Waals surface area contributed by atoms with Gasteiger partial charge in [-0.15, -0.1) is 0 Å². The third-order valence-electron chi connectivity index (χ3n) is 5.12. The first-order valence-corrected chi connectivity index (χ1v) is 8.37. The number of aliphatic hydroxyl groups excluding tert-OH is 1. The standard InChI is InChI=1S/C19H8F6O6/c20-18(21,22)17(19(23,24)25,7-1-3-9-11(5-7)15(28)30-13(9)26)8-2-4-10-12(6-8)16(29)31-14(10)27/h1-6,15,28H. The summed E-state index contributed by atoms with van der Waals surface area (Å²) in [6.45, 7) is 0. The number of esters is 3. The number of fused-ring (bicyclic) bond motifs is 2. The molecule has 162 valence electrons. The zero-order valence-electron chi connectivity index (χ0n) is 14.8. The maximum atomic E-state index is 14.2. The van der Waals surface area contributed by atoms with Crippen molar-refractivity contribution in [1.29, 1.82) is 0 Å². The minimum absolute atomic E-state index is 0.300. The fourth-order valence-electron chi connectivity index (χ4n) is 3.72. The average Bonchev–Trinajstić information content (AvgIpc) is 3.09. The quantitative estimate of drug-likeness (QED) is 0.431. The predicted molar refractivity (Wildman–Crippen MR) is 85.9 cm³/mol. The normalized spacial score (nSPS) is 18.5. The number of aliphatic hydroxyl groups is 1. The summed E-state index contributed by atoms with van der Waals surface area (Å²) in [6.07, 6.45) is -14.0. The highest BCUT2D eigenvalue weighted by atomic mass is 19.4. The Labute approximate surface area is 168 Å². The minimum atomic E-state index is -5.99. The summed E-state index contributed by atoms with van der Waals surface area (Å²) in [5, 5.41) is 9.70. The van der Waals surface area contributed by atoms with Gasteiger partial charge in [-0.2, -0.15) is 26.3 Å². The van der Waals surface area contributed by atoms with Gasteiger partial charge in [0.05, 0.1) is 16.7 Å². The molecule has 0 spiro atoms. The van der Waals surface area contributed by atoms with Crippen LogP contribution in [0.4, 0.5) is 26.3 Å². The van der Waals surface area contributed by atoms with E-state index in [0.29, 0.717) is 36.4 Å². The lowest BCUT2D eigenvalue weighted by Crippen LogP contribution is -2.55. The molecule has 0 radical (unpaired) electrons. The van der Waals surface area contributed by atoms with Crippen LogP contribution in [0.2, 0.25) is 0 Å². The highest BCUT2D eigenvalue weighted by molar-refractivity contribution is 6.14. The number of benzene rings is 2. The number of alkyl halides is 6. The van der Waals surface area contributed by atoms with Crippen LogP contribution in [0, 0.1) is 0 Å². The molecule has 6 nitrogen and oxygen atoms in total. The van der Waals surface area contributed by atoms with E-state index in [0.717, 1.165) is 0 Å². The van der Waals surface area contributed by atoms with Crippen molar-refractivity contribution in [1.82, 2.24) is 0 Å². The molecule has 0 aliphatic carbocycles. The fraction of sp³-hybridized carbons (Fsp3) is 0.211. The van der Waals surface area contributed by atoms with E-state index in [-0.39, 0.29) is 0 Å². The smallest absolute Gasteiger partial charge is 0.411 e. The summed E-state index contributed by atoms with van der Waals surface area (Å²) >= 11 is 0. The van der Waals surface area contributed by atoms with Crippen LogP contribution in [0.5, 0.6) is 0 Å². The van der Waals surface area contributed by atoms with Crippen molar-refractivity contribution in [2.75, 3.05) is 0 Å². The number of rotatable bonds is 2. The van der Waals surface area contributed by atoms with E-state index in [4.69, 9.17) is 0 Å². The molecule has 0 aromatic heterocycles. The lowest BCUT2D eigenvalue weighted by molar-refractivity contribution is -0.288.